The van der Waals surface area contributed by atoms with Gasteiger partial charge in [0.15, 0.2) is 0 Å². The van der Waals surface area contributed by atoms with Crippen LogP contribution in [0.25, 0.3) is 0 Å². The second-order valence-corrected chi connectivity index (χ2v) is 6.49. The van der Waals surface area contributed by atoms with E-state index in [4.69, 9.17) is 25.8 Å². The molecule has 1 aromatic carbocycles. The van der Waals surface area contributed by atoms with Gasteiger partial charge in [-0.05, 0) is 44.0 Å². The van der Waals surface area contributed by atoms with Crippen molar-refractivity contribution in [2.75, 3.05) is 39.5 Å². The molecular weight excluding hydrogens is 314 g/mol. The Balaban J connectivity index is 1.59. The van der Waals surface area contributed by atoms with Crippen molar-refractivity contribution in [3.8, 4) is 5.75 Å². The summed E-state index contributed by atoms with van der Waals surface area (Å²) in [4.78, 5) is 2.40. The molecule has 0 aliphatic carbocycles. The van der Waals surface area contributed by atoms with Gasteiger partial charge in [0.2, 0.25) is 0 Å². The number of morpholine rings is 1. The van der Waals surface area contributed by atoms with Gasteiger partial charge >= 0.3 is 0 Å². The first-order chi connectivity index (χ1) is 11.1. The summed E-state index contributed by atoms with van der Waals surface area (Å²) < 4.78 is 17.1. The summed E-state index contributed by atoms with van der Waals surface area (Å²) in [5, 5.41) is 0.796. The van der Waals surface area contributed by atoms with Gasteiger partial charge in [-0.3, -0.25) is 4.90 Å². The predicted octanol–water partition coefficient (Wildman–Crippen LogP) is 3.41. The largest absolute Gasteiger partial charge is 0.491 e. The molecule has 0 aromatic heterocycles. The van der Waals surface area contributed by atoms with Crippen LogP contribution in [0.4, 0.5) is 0 Å². The van der Waals surface area contributed by atoms with E-state index in [-0.39, 0.29) is 0 Å². The van der Waals surface area contributed by atoms with Gasteiger partial charge in [-0.15, -0.1) is 0 Å². The van der Waals surface area contributed by atoms with Crippen LogP contribution in [-0.2, 0) is 15.9 Å². The summed E-state index contributed by atoms with van der Waals surface area (Å²) in [7, 11) is 0. The lowest BCUT2D eigenvalue weighted by Crippen LogP contribution is -2.46. The molecular formula is C18H28ClNO3. The Hall–Kier alpha value is -0.810. The summed E-state index contributed by atoms with van der Waals surface area (Å²) >= 11 is 6.10. The van der Waals surface area contributed by atoms with Crippen LogP contribution >= 0.6 is 11.6 Å². The van der Waals surface area contributed by atoms with E-state index in [9.17, 15) is 0 Å². The fraction of sp³-hybridized carbons (Fsp3) is 0.667. The van der Waals surface area contributed by atoms with Crippen molar-refractivity contribution >= 4 is 11.6 Å². The van der Waals surface area contributed by atoms with Gasteiger partial charge in [0.05, 0.1) is 25.4 Å². The van der Waals surface area contributed by atoms with E-state index in [1.165, 1.54) is 0 Å². The summed E-state index contributed by atoms with van der Waals surface area (Å²) in [6.45, 7) is 11.1. The summed E-state index contributed by atoms with van der Waals surface area (Å²) in [6.07, 6.45) is 1.52. The Morgan fingerprint density at radius 2 is 1.91 bits per heavy atom. The number of rotatable bonds is 8. The third-order valence-electron chi connectivity index (χ3n) is 3.94. The van der Waals surface area contributed by atoms with Crippen LogP contribution in [0.15, 0.2) is 18.2 Å². The highest BCUT2D eigenvalue weighted by atomic mass is 35.5. The molecule has 1 aromatic rings. The molecule has 0 spiro atoms. The number of ether oxygens (including phenoxy) is 3. The Morgan fingerprint density at radius 3 is 2.61 bits per heavy atom. The van der Waals surface area contributed by atoms with E-state index in [0.717, 1.165) is 49.0 Å². The molecule has 1 saturated heterocycles. The van der Waals surface area contributed by atoms with Crippen LogP contribution in [0.3, 0.4) is 0 Å². The molecule has 130 valence electrons. The van der Waals surface area contributed by atoms with Crippen molar-refractivity contribution in [2.45, 2.75) is 39.4 Å². The Labute approximate surface area is 144 Å². The van der Waals surface area contributed by atoms with E-state index < -0.39 is 0 Å². The van der Waals surface area contributed by atoms with Crippen molar-refractivity contribution in [3.63, 3.8) is 0 Å². The molecule has 1 heterocycles. The minimum absolute atomic E-state index is 0.305. The SMILES string of the molecule is CCc1cc(OCCOCCN2C[C@@H](C)O[C@H](C)C2)ccc1Cl. The number of hydrogen-bond donors (Lipinski definition) is 0. The zero-order chi connectivity index (χ0) is 16.7. The van der Waals surface area contributed by atoms with Gasteiger partial charge < -0.3 is 14.2 Å². The van der Waals surface area contributed by atoms with Crippen LogP contribution < -0.4 is 4.74 Å². The molecule has 1 aliphatic rings. The predicted molar refractivity (Wildman–Crippen MR) is 93.6 cm³/mol. The van der Waals surface area contributed by atoms with Gasteiger partial charge in [0.1, 0.15) is 12.4 Å². The molecule has 0 saturated carbocycles. The number of benzene rings is 1. The zero-order valence-corrected chi connectivity index (χ0v) is 15.1. The highest BCUT2D eigenvalue weighted by Gasteiger charge is 2.21. The van der Waals surface area contributed by atoms with E-state index in [1.807, 2.05) is 18.2 Å². The number of hydrogen-bond acceptors (Lipinski definition) is 4. The van der Waals surface area contributed by atoms with Gasteiger partial charge in [-0.1, -0.05) is 18.5 Å². The first-order valence-corrected chi connectivity index (χ1v) is 8.83. The van der Waals surface area contributed by atoms with Gasteiger partial charge in [0, 0.05) is 24.7 Å². The molecule has 2 atom stereocenters. The van der Waals surface area contributed by atoms with E-state index in [2.05, 4.69) is 25.7 Å². The molecule has 4 nitrogen and oxygen atoms in total. The van der Waals surface area contributed by atoms with Gasteiger partial charge in [-0.25, -0.2) is 0 Å². The maximum atomic E-state index is 6.10. The standard InChI is InChI=1S/C18H28ClNO3/c1-4-16-11-17(5-6-18(16)19)22-10-9-21-8-7-20-12-14(2)23-15(3)13-20/h5-6,11,14-15H,4,7-10,12-13H2,1-3H3/t14-,15-/m1/s1. The average Bonchev–Trinajstić information content (AvgIpc) is 2.51. The molecule has 1 fully saturated rings. The van der Waals surface area contributed by atoms with Crippen LogP contribution in [0.2, 0.25) is 5.02 Å². The summed E-state index contributed by atoms with van der Waals surface area (Å²) in [5.74, 6) is 0.852. The fourth-order valence-electron chi connectivity index (χ4n) is 2.89. The minimum Gasteiger partial charge on any atom is -0.491 e. The highest BCUT2D eigenvalue weighted by molar-refractivity contribution is 6.31. The highest BCUT2D eigenvalue weighted by Crippen LogP contribution is 2.22. The molecule has 23 heavy (non-hydrogen) atoms. The lowest BCUT2D eigenvalue weighted by atomic mass is 10.1. The smallest absolute Gasteiger partial charge is 0.119 e. The molecule has 2 rings (SSSR count). The Bertz CT molecular complexity index is 473. The molecule has 5 heteroatoms. The second kappa shape index (κ2) is 9.48. The van der Waals surface area contributed by atoms with Crippen molar-refractivity contribution in [3.05, 3.63) is 28.8 Å². The third-order valence-corrected chi connectivity index (χ3v) is 4.31. The maximum Gasteiger partial charge on any atom is 0.119 e. The lowest BCUT2D eigenvalue weighted by molar-refractivity contribution is -0.0734. The van der Waals surface area contributed by atoms with Crippen molar-refractivity contribution in [2.24, 2.45) is 0 Å². The molecule has 0 radical (unpaired) electrons. The molecule has 0 unspecified atom stereocenters. The topological polar surface area (TPSA) is 30.9 Å². The third kappa shape index (κ3) is 6.30. The molecule has 1 aliphatic heterocycles. The van der Waals surface area contributed by atoms with Crippen molar-refractivity contribution < 1.29 is 14.2 Å². The van der Waals surface area contributed by atoms with Crippen molar-refractivity contribution in [1.82, 2.24) is 4.90 Å². The van der Waals surface area contributed by atoms with Gasteiger partial charge in [0.25, 0.3) is 0 Å². The monoisotopic (exact) mass is 341 g/mol. The normalized spacial score (nSPS) is 22.3. The van der Waals surface area contributed by atoms with Crippen LogP contribution in [-0.4, -0.2) is 56.6 Å². The Kier molecular flexibility index (Phi) is 7.63. The fourth-order valence-corrected chi connectivity index (χ4v) is 3.14. The summed E-state index contributed by atoms with van der Waals surface area (Å²) in [5.41, 5.74) is 1.11. The first kappa shape index (κ1) is 18.5. The van der Waals surface area contributed by atoms with Gasteiger partial charge in [-0.2, -0.15) is 0 Å². The second-order valence-electron chi connectivity index (χ2n) is 6.08. The molecule has 0 bridgehead atoms. The van der Waals surface area contributed by atoms with E-state index >= 15 is 0 Å². The number of halogens is 1. The van der Waals surface area contributed by atoms with Crippen LogP contribution in [0, 0.1) is 0 Å². The molecule has 0 amide bonds. The van der Waals surface area contributed by atoms with Crippen LogP contribution in [0.5, 0.6) is 5.75 Å². The zero-order valence-electron chi connectivity index (χ0n) is 14.4. The van der Waals surface area contributed by atoms with E-state index in [0.29, 0.717) is 25.4 Å². The van der Waals surface area contributed by atoms with Crippen LogP contribution in [0.1, 0.15) is 26.3 Å². The number of nitrogens with zero attached hydrogens (tertiary/aromatic N) is 1. The van der Waals surface area contributed by atoms with E-state index in [1.54, 1.807) is 0 Å². The Morgan fingerprint density at radius 1 is 1.17 bits per heavy atom. The minimum atomic E-state index is 0.305. The molecule has 0 N–H and O–H groups in total. The van der Waals surface area contributed by atoms with Crippen molar-refractivity contribution in [1.29, 1.82) is 0 Å². The lowest BCUT2D eigenvalue weighted by Gasteiger charge is -2.35. The first-order valence-electron chi connectivity index (χ1n) is 8.45. The number of aryl methyl sites for hydroxylation is 1. The summed E-state index contributed by atoms with van der Waals surface area (Å²) in [6, 6.07) is 5.79. The average molecular weight is 342 g/mol. The quantitative estimate of drug-likeness (QED) is 0.678. The maximum absolute atomic E-state index is 6.10.